The molecule has 0 aliphatic rings. The molecular weight excluding hydrogens is 455 g/mol. The van der Waals surface area contributed by atoms with Crippen molar-refractivity contribution >= 4 is 17.8 Å². The van der Waals surface area contributed by atoms with Gasteiger partial charge >= 0.3 is 18.1 Å². The molecule has 0 radical (unpaired) electrons. The Morgan fingerprint density at radius 2 is 1.79 bits per heavy atom. The molecule has 0 bridgehead atoms. The molecule has 1 unspecified atom stereocenters. The Balaban J connectivity index is 2.91. The standard InChI is InChI=1S/C22H34F3N5O4/c1-6-30(12-11-28(3)4)18(31)14-26-13-17-19(16(20(32)33)7-9-27-17)15(2)8-10-29(5)21(34)22(23,24)25/h7,9,15,26H,6,8,10-14H2,1-5H3,(H,32,33). The van der Waals surface area contributed by atoms with Crippen LogP contribution in [0.15, 0.2) is 12.3 Å². The predicted octanol–water partition coefficient (Wildman–Crippen LogP) is 1.79. The third-order valence-corrected chi connectivity index (χ3v) is 5.40. The van der Waals surface area contributed by atoms with Crippen LogP contribution in [-0.4, -0.2) is 103 Å². The molecule has 0 aliphatic heterocycles. The highest BCUT2D eigenvalue weighted by molar-refractivity contribution is 5.89. The molecule has 34 heavy (non-hydrogen) atoms. The summed E-state index contributed by atoms with van der Waals surface area (Å²) in [5.74, 6) is -3.76. The quantitative estimate of drug-likeness (QED) is 0.435. The highest BCUT2D eigenvalue weighted by Gasteiger charge is 2.41. The van der Waals surface area contributed by atoms with Crippen molar-refractivity contribution in [1.82, 2.24) is 25.0 Å². The maximum atomic E-state index is 12.6. The summed E-state index contributed by atoms with van der Waals surface area (Å²) in [7, 11) is 4.88. The van der Waals surface area contributed by atoms with E-state index in [1.165, 1.54) is 12.3 Å². The summed E-state index contributed by atoms with van der Waals surface area (Å²) in [6, 6.07) is 1.33. The maximum absolute atomic E-state index is 12.6. The van der Waals surface area contributed by atoms with Crippen molar-refractivity contribution in [1.29, 1.82) is 0 Å². The fourth-order valence-corrected chi connectivity index (χ4v) is 3.42. The van der Waals surface area contributed by atoms with Crippen molar-refractivity contribution in [2.24, 2.45) is 0 Å². The molecule has 1 rings (SSSR count). The van der Waals surface area contributed by atoms with E-state index < -0.39 is 24.0 Å². The van der Waals surface area contributed by atoms with E-state index in [9.17, 15) is 32.7 Å². The summed E-state index contributed by atoms with van der Waals surface area (Å²) >= 11 is 0. The SMILES string of the molecule is CCN(CCN(C)C)C(=O)CNCc1nccc(C(=O)O)c1C(C)CCN(C)C(=O)C(F)(F)F. The van der Waals surface area contributed by atoms with Crippen LogP contribution in [0.3, 0.4) is 0 Å². The number of amides is 2. The number of carbonyl (C=O) groups is 3. The summed E-state index contributed by atoms with van der Waals surface area (Å²) in [5, 5.41) is 12.6. The molecule has 2 amide bonds. The summed E-state index contributed by atoms with van der Waals surface area (Å²) in [4.78, 5) is 44.1. The van der Waals surface area contributed by atoms with Gasteiger partial charge in [-0.1, -0.05) is 6.92 Å². The van der Waals surface area contributed by atoms with E-state index in [1.807, 2.05) is 25.9 Å². The van der Waals surface area contributed by atoms with E-state index in [0.29, 0.717) is 29.2 Å². The lowest BCUT2D eigenvalue weighted by molar-refractivity contribution is -0.184. The van der Waals surface area contributed by atoms with Gasteiger partial charge in [-0.2, -0.15) is 13.2 Å². The molecule has 1 aromatic rings. The highest BCUT2D eigenvalue weighted by Crippen LogP contribution is 2.27. The maximum Gasteiger partial charge on any atom is 0.471 e. The average molecular weight is 490 g/mol. The lowest BCUT2D eigenvalue weighted by atomic mass is 9.91. The molecule has 0 saturated carbocycles. The van der Waals surface area contributed by atoms with Gasteiger partial charge in [-0.05, 0) is 45.0 Å². The number of aromatic carboxylic acids is 1. The van der Waals surface area contributed by atoms with Gasteiger partial charge in [0.1, 0.15) is 0 Å². The first-order valence-electron chi connectivity index (χ1n) is 11.0. The minimum absolute atomic E-state index is 0.0170. The molecule has 1 aromatic heterocycles. The normalized spacial score (nSPS) is 12.5. The Morgan fingerprint density at radius 1 is 1.15 bits per heavy atom. The van der Waals surface area contributed by atoms with Crippen LogP contribution in [0.2, 0.25) is 0 Å². The molecule has 192 valence electrons. The Morgan fingerprint density at radius 3 is 2.32 bits per heavy atom. The molecule has 0 fully saturated rings. The molecule has 0 spiro atoms. The van der Waals surface area contributed by atoms with E-state index in [4.69, 9.17) is 0 Å². The largest absolute Gasteiger partial charge is 0.478 e. The topological polar surface area (TPSA) is 106 Å². The first kappa shape index (κ1) is 29.3. The number of likely N-dealkylation sites (N-methyl/N-ethyl adjacent to an activating group) is 2. The van der Waals surface area contributed by atoms with Crippen LogP contribution in [0.25, 0.3) is 0 Å². The number of carboxylic acid groups (broad SMARTS) is 1. The van der Waals surface area contributed by atoms with Gasteiger partial charge in [0.05, 0.1) is 17.8 Å². The number of alkyl halides is 3. The molecule has 1 atom stereocenters. The van der Waals surface area contributed by atoms with E-state index in [0.717, 1.165) is 13.6 Å². The van der Waals surface area contributed by atoms with E-state index in [1.54, 1.807) is 11.8 Å². The number of hydrogen-bond donors (Lipinski definition) is 2. The Hall–Kier alpha value is -2.73. The number of rotatable bonds is 13. The highest BCUT2D eigenvalue weighted by atomic mass is 19.4. The van der Waals surface area contributed by atoms with Crippen LogP contribution in [0.5, 0.6) is 0 Å². The minimum Gasteiger partial charge on any atom is -0.478 e. The van der Waals surface area contributed by atoms with Crippen molar-refractivity contribution in [2.75, 3.05) is 53.9 Å². The second-order valence-corrected chi connectivity index (χ2v) is 8.32. The Kier molecular flexibility index (Phi) is 11.4. The molecule has 1 heterocycles. The van der Waals surface area contributed by atoms with Gasteiger partial charge in [-0.15, -0.1) is 0 Å². The third kappa shape index (κ3) is 8.90. The third-order valence-electron chi connectivity index (χ3n) is 5.40. The zero-order valence-corrected chi connectivity index (χ0v) is 20.3. The lowest BCUT2D eigenvalue weighted by Crippen LogP contribution is -2.41. The summed E-state index contributed by atoms with van der Waals surface area (Å²) in [5.41, 5.74) is 0.737. The monoisotopic (exact) mass is 489 g/mol. The van der Waals surface area contributed by atoms with Gasteiger partial charge in [0, 0.05) is 46.0 Å². The molecule has 12 heteroatoms. The molecule has 2 N–H and O–H groups in total. The lowest BCUT2D eigenvalue weighted by Gasteiger charge is -2.24. The second-order valence-electron chi connectivity index (χ2n) is 8.32. The van der Waals surface area contributed by atoms with Gasteiger partial charge in [0.25, 0.3) is 0 Å². The van der Waals surface area contributed by atoms with E-state index in [2.05, 4.69) is 10.3 Å². The molecule has 0 aromatic carbocycles. The van der Waals surface area contributed by atoms with Crippen molar-refractivity contribution in [3.8, 4) is 0 Å². The first-order valence-corrected chi connectivity index (χ1v) is 11.0. The molecular formula is C22H34F3N5O4. The number of hydrogen-bond acceptors (Lipinski definition) is 6. The van der Waals surface area contributed by atoms with Crippen LogP contribution in [0.1, 0.15) is 47.8 Å². The number of aromatic nitrogens is 1. The van der Waals surface area contributed by atoms with Crippen molar-refractivity contribution < 1.29 is 32.7 Å². The van der Waals surface area contributed by atoms with Crippen molar-refractivity contribution in [3.63, 3.8) is 0 Å². The molecule has 0 aliphatic carbocycles. The van der Waals surface area contributed by atoms with Gasteiger partial charge in [-0.3, -0.25) is 14.6 Å². The number of nitrogens with one attached hydrogen (secondary N) is 1. The van der Waals surface area contributed by atoms with Crippen LogP contribution in [-0.2, 0) is 16.1 Å². The number of halogens is 3. The van der Waals surface area contributed by atoms with Crippen molar-refractivity contribution in [3.05, 3.63) is 29.1 Å². The van der Waals surface area contributed by atoms with Crippen molar-refractivity contribution in [2.45, 2.75) is 38.9 Å². The fourth-order valence-electron chi connectivity index (χ4n) is 3.42. The Labute approximate surface area is 197 Å². The van der Waals surface area contributed by atoms with Crippen LogP contribution >= 0.6 is 0 Å². The molecule has 9 nitrogen and oxygen atoms in total. The Bertz CT molecular complexity index is 848. The van der Waals surface area contributed by atoms with E-state index >= 15 is 0 Å². The molecule has 0 saturated heterocycles. The zero-order valence-electron chi connectivity index (χ0n) is 20.3. The van der Waals surface area contributed by atoms with Gasteiger partial charge in [-0.25, -0.2) is 4.79 Å². The number of carboxylic acids is 1. The van der Waals surface area contributed by atoms with E-state index in [-0.39, 0.29) is 37.5 Å². The average Bonchev–Trinajstić information content (AvgIpc) is 2.75. The zero-order chi connectivity index (χ0) is 26.1. The van der Waals surface area contributed by atoms with Crippen LogP contribution in [0, 0.1) is 0 Å². The first-order chi connectivity index (χ1) is 15.8. The van der Waals surface area contributed by atoms with Crippen LogP contribution < -0.4 is 5.32 Å². The summed E-state index contributed by atoms with van der Waals surface area (Å²) < 4.78 is 37.9. The number of carbonyl (C=O) groups excluding carboxylic acids is 2. The fraction of sp³-hybridized carbons (Fsp3) is 0.636. The second kappa shape index (κ2) is 13.2. The summed E-state index contributed by atoms with van der Waals surface area (Å²) in [6.07, 6.45) is -3.53. The van der Waals surface area contributed by atoms with Gasteiger partial charge in [0.2, 0.25) is 5.91 Å². The van der Waals surface area contributed by atoms with Gasteiger partial charge in [0.15, 0.2) is 0 Å². The van der Waals surface area contributed by atoms with Crippen LogP contribution in [0.4, 0.5) is 13.2 Å². The number of nitrogens with zero attached hydrogens (tertiary/aromatic N) is 4. The smallest absolute Gasteiger partial charge is 0.471 e. The number of pyridine rings is 1. The van der Waals surface area contributed by atoms with Gasteiger partial charge < -0.3 is 25.1 Å². The predicted molar refractivity (Wildman–Crippen MR) is 120 cm³/mol. The minimum atomic E-state index is -4.97. The summed E-state index contributed by atoms with van der Waals surface area (Å²) in [6.45, 7) is 5.31.